The summed E-state index contributed by atoms with van der Waals surface area (Å²) in [5.74, 6) is 0.476. The molecule has 0 amide bonds. The molecular weight excluding hydrogens is 296 g/mol. The van der Waals surface area contributed by atoms with Crippen LogP contribution in [0, 0.1) is 0 Å². The van der Waals surface area contributed by atoms with E-state index >= 15 is 0 Å². The Labute approximate surface area is 130 Å². The first-order valence-corrected chi connectivity index (χ1v) is 7.58. The van der Waals surface area contributed by atoms with Crippen molar-refractivity contribution in [1.29, 1.82) is 0 Å². The summed E-state index contributed by atoms with van der Waals surface area (Å²) in [7, 11) is 0. The lowest BCUT2D eigenvalue weighted by molar-refractivity contribution is 0.375. The maximum Gasteiger partial charge on any atom is 0.334 e. The molecule has 1 aliphatic heterocycles. The first-order chi connectivity index (χ1) is 11.2. The third kappa shape index (κ3) is 2.36. The topological polar surface area (TPSA) is 97.6 Å². The quantitative estimate of drug-likeness (QED) is 0.704. The van der Waals surface area contributed by atoms with Crippen LogP contribution in [0.4, 0.5) is 0 Å². The Balaban J connectivity index is 1.87. The maximum atomic E-state index is 12.0. The zero-order valence-corrected chi connectivity index (χ0v) is 12.4. The van der Waals surface area contributed by atoms with Crippen molar-refractivity contribution in [3.8, 4) is 5.82 Å². The van der Waals surface area contributed by atoms with E-state index in [4.69, 9.17) is 0 Å². The van der Waals surface area contributed by atoms with Crippen molar-refractivity contribution in [2.75, 3.05) is 13.1 Å². The highest BCUT2D eigenvalue weighted by Crippen LogP contribution is 2.26. The number of aromatic nitrogens is 5. The summed E-state index contributed by atoms with van der Waals surface area (Å²) in [5.41, 5.74) is -0.129. The fraction of sp³-hybridized carbons (Fsp3) is 0.333. The van der Waals surface area contributed by atoms with E-state index in [-0.39, 0.29) is 0 Å². The van der Waals surface area contributed by atoms with Gasteiger partial charge in [-0.2, -0.15) is 0 Å². The maximum absolute atomic E-state index is 12.0. The van der Waals surface area contributed by atoms with E-state index in [1.807, 2.05) is 12.3 Å². The number of fused-ring (bicyclic) bond motifs is 1. The summed E-state index contributed by atoms with van der Waals surface area (Å²) in [6.45, 7) is 1.98. The van der Waals surface area contributed by atoms with Crippen LogP contribution in [0.15, 0.2) is 40.4 Å². The summed E-state index contributed by atoms with van der Waals surface area (Å²) in [6.07, 6.45) is 6.97. The van der Waals surface area contributed by atoms with E-state index in [0.717, 1.165) is 37.0 Å². The number of aromatic amines is 1. The third-order valence-electron chi connectivity index (χ3n) is 4.24. The molecule has 4 rings (SSSR count). The lowest BCUT2D eigenvalue weighted by Gasteiger charge is -2.24. The summed E-state index contributed by atoms with van der Waals surface area (Å²) in [5, 5.41) is 4.14. The second-order valence-electron chi connectivity index (χ2n) is 5.62. The molecule has 8 heteroatoms. The molecule has 0 unspecified atom stereocenters. The van der Waals surface area contributed by atoms with Crippen molar-refractivity contribution in [2.45, 2.75) is 18.9 Å². The molecule has 3 aromatic heterocycles. The van der Waals surface area contributed by atoms with Gasteiger partial charge in [-0.3, -0.25) is 14.3 Å². The fourth-order valence-electron chi connectivity index (χ4n) is 3.11. The highest BCUT2D eigenvalue weighted by atomic mass is 16.2. The number of H-pyrrole nitrogens is 1. The predicted octanol–water partition coefficient (Wildman–Crippen LogP) is 0.195. The Morgan fingerprint density at radius 1 is 1.09 bits per heavy atom. The van der Waals surface area contributed by atoms with Crippen molar-refractivity contribution >= 4 is 11.0 Å². The molecule has 0 radical (unpaired) electrons. The molecule has 1 fully saturated rings. The fourth-order valence-corrected chi connectivity index (χ4v) is 3.11. The molecule has 0 saturated carbocycles. The van der Waals surface area contributed by atoms with Gasteiger partial charge in [0.15, 0.2) is 5.82 Å². The van der Waals surface area contributed by atoms with Crippen molar-refractivity contribution < 1.29 is 0 Å². The largest absolute Gasteiger partial charge is 0.334 e. The van der Waals surface area contributed by atoms with Crippen LogP contribution in [0.1, 0.15) is 18.9 Å². The van der Waals surface area contributed by atoms with Crippen molar-refractivity contribution in [1.82, 2.24) is 29.4 Å². The molecule has 4 heterocycles. The van der Waals surface area contributed by atoms with Gasteiger partial charge in [0.05, 0.1) is 5.39 Å². The first-order valence-electron chi connectivity index (χ1n) is 7.58. The van der Waals surface area contributed by atoms with Crippen LogP contribution in [0.5, 0.6) is 0 Å². The second kappa shape index (κ2) is 5.47. The number of nitrogens with one attached hydrogen (secondary N) is 2. The smallest absolute Gasteiger partial charge is 0.329 e. The first kappa shape index (κ1) is 13.9. The van der Waals surface area contributed by atoms with Gasteiger partial charge in [0.2, 0.25) is 0 Å². The number of piperidine rings is 1. The summed E-state index contributed by atoms with van der Waals surface area (Å²) in [4.78, 5) is 34.1. The van der Waals surface area contributed by atoms with Crippen LogP contribution in [-0.2, 0) is 0 Å². The molecule has 0 atom stereocenters. The van der Waals surface area contributed by atoms with Gasteiger partial charge in [-0.15, -0.1) is 0 Å². The summed E-state index contributed by atoms with van der Waals surface area (Å²) in [6, 6.07) is 3.62. The normalized spacial score (nSPS) is 16.0. The molecule has 1 saturated heterocycles. The van der Waals surface area contributed by atoms with Gasteiger partial charge in [0.25, 0.3) is 5.56 Å². The Kier molecular flexibility index (Phi) is 3.30. The molecule has 0 spiro atoms. The van der Waals surface area contributed by atoms with Crippen LogP contribution in [0.25, 0.3) is 16.9 Å². The number of hydrogen-bond donors (Lipinski definition) is 2. The van der Waals surface area contributed by atoms with E-state index in [1.165, 1.54) is 23.2 Å². The van der Waals surface area contributed by atoms with Gasteiger partial charge in [0, 0.05) is 24.5 Å². The van der Waals surface area contributed by atoms with Gasteiger partial charge in [0.1, 0.15) is 12.0 Å². The van der Waals surface area contributed by atoms with E-state index in [1.54, 1.807) is 0 Å². The van der Waals surface area contributed by atoms with Gasteiger partial charge in [-0.1, -0.05) is 0 Å². The van der Waals surface area contributed by atoms with Crippen LogP contribution in [0.3, 0.4) is 0 Å². The minimum absolute atomic E-state index is 0.392. The van der Waals surface area contributed by atoms with E-state index in [0.29, 0.717) is 11.9 Å². The van der Waals surface area contributed by atoms with E-state index < -0.39 is 11.2 Å². The molecule has 3 aromatic rings. The molecule has 118 valence electrons. The van der Waals surface area contributed by atoms with Gasteiger partial charge in [-0.25, -0.2) is 14.8 Å². The minimum atomic E-state index is -0.507. The van der Waals surface area contributed by atoms with Gasteiger partial charge >= 0.3 is 5.69 Å². The average molecular weight is 312 g/mol. The van der Waals surface area contributed by atoms with E-state index in [9.17, 15) is 9.59 Å². The van der Waals surface area contributed by atoms with Crippen molar-refractivity contribution in [2.24, 2.45) is 0 Å². The van der Waals surface area contributed by atoms with Crippen molar-refractivity contribution in [3.05, 3.63) is 51.7 Å². The highest BCUT2D eigenvalue weighted by molar-refractivity contribution is 5.83. The number of hydrogen-bond acceptors (Lipinski definition) is 5. The van der Waals surface area contributed by atoms with Crippen LogP contribution >= 0.6 is 0 Å². The monoisotopic (exact) mass is 312 g/mol. The Morgan fingerprint density at radius 2 is 1.91 bits per heavy atom. The lowest BCUT2D eigenvalue weighted by Crippen LogP contribution is -2.29. The SMILES string of the molecule is O=c1ccn(-c2ncnc3c2ccn3C2CCNCC2)c(=O)[nH]1. The zero-order valence-electron chi connectivity index (χ0n) is 12.4. The summed E-state index contributed by atoms with van der Waals surface area (Å²) < 4.78 is 3.48. The zero-order chi connectivity index (χ0) is 15.8. The van der Waals surface area contributed by atoms with Crippen LogP contribution < -0.4 is 16.6 Å². The Bertz CT molecular complexity index is 964. The second-order valence-corrected chi connectivity index (χ2v) is 5.62. The Morgan fingerprint density at radius 3 is 2.70 bits per heavy atom. The van der Waals surface area contributed by atoms with E-state index in [2.05, 4.69) is 24.8 Å². The molecular formula is C15H16N6O2. The molecule has 2 N–H and O–H groups in total. The lowest BCUT2D eigenvalue weighted by atomic mass is 10.1. The predicted molar refractivity (Wildman–Crippen MR) is 84.9 cm³/mol. The highest BCUT2D eigenvalue weighted by Gasteiger charge is 2.19. The standard InChI is InChI=1S/C15H16N6O2/c22-12-4-8-21(15(23)19-12)14-11-3-7-20(13(11)17-9-18-14)10-1-5-16-6-2-10/h3-4,7-10,16H,1-2,5-6H2,(H,19,22,23). The molecule has 1 aliphatic rings. The molecule has 0 aromatic carbocycles. The molecule has 23 heavy (non-hydrogen) atoms. The number of rotatable bonds is 2. The minimum Gasteiger partial charge on any atom is -0.329 e. The molecule has 0 aliphatic carbocycles. The van der Waals surface area contributed by atoms with Crippen LogP contribution in [0.2, 0.25) is 0 Å². The van der Waals surface area contributed by atoms with Crippen LogP contribution in [-0.4, -0.2) is 37.2 Å². The average Bonchev–Trinajstić information content (AvgIpc) is 3.00. The molecule has 0 bridgehead atoms. The van der Waals surface area contributed by atoms with Gasteiger partial charge in [-0.05, 0) is 32.0 Å². The van der Waals surface area contributed by atoms with Crippen molar-refractivity contribution in [3.63, 3.8) is 0 Å². The summed E-state index contributed by atoms with van der Waals surface area (Å²) >= 11 is 0. The van der Waals surface area contributed by atoms with Gasteiger partial charge < -0.3 is 9.88 Å². The third-order valence-corrected chi connectivity index (χ3v) is 4.24. The number of nitrogens with zero attached hydrogens (tertiary/aromatic N) is 4. The molecule has 8 nitrogen and oxygen atoms in total. The Hall–Kier alpha value is -2.74.